The summed E-state index contributed by atoms with van der Waals surface area (Å²) in [5.41, 5.74) is 12.3. The summed E-state index contributed by atoms with van der Waals surface area (Å²) in [4.78, 5) is 7.30. The Labute approximate surface area is 405 Å². The van der Waals surface area contributed by atoms with Crippen LogP contribution in [-0.2, 0) is 6.18 Å². The first-order valence-corrected chi connectivity index (χ1v) is 22.3. The molecule has 10 heteroatoms. The largest absolute Gasteiger partial charge is 0.416 e. The second-order valence-electron chi connectivity index (χ2n) is 17.2. The number of halogens is 3. The van der Waals surface area contributed by atoms with E-state index in [9.17, 15) is 29.0 Å². The average Bonchev–Trinajstić information content (AvgIpc) is 3.91. The van der Waals surface area contributed by atoms with E-state index >= 15 is 0 Å². The van der Waals surface area contributed by atoms with Crippen molar-refractivity contribution in [3.05, 3.63) is 227 Å². The van der Waals surface area contributed by atoms with Gasteiger partial charge in [-0.05, 0) is 125 Å². The van der Waals surface area contributed by atoms with E-state index in [-0.39, 0.29) is 0 Å². The van der Waals surface area contributed by atoms with Gasteiger partial charge in [-0.15, -0.1) is 0 Å². The van der Waals surface area contributed by atoms with Crippen LogP contribution in [0.4, 0.5) is 24.5 Å². The van der Waals surface area contributed by atoms with Gasteiger partial charge >= 0.3 is 6.18 Å². The molecule has 2 aromatic heterocycles. The van der Waals surface area contributed by atoms with Gasteiger partial charge in [0.2, 0.25) is 0 Å². The molecule has 9 aromatic carbocycles. The Hall–Kier alpha value is -10.2. The molecule has 0 N–H and O–H groups in total. The van der Waals surface area contributed by atoms with Crippen LogP contribution < -0.4 is 0 Å². The molecule has 0 unspecified atom stereocenters. The van der Waals surface area contributed by atoms with Gasteiger partial charge in [-0.3, -0.25) is 0 Å². The quantitative estimate of drug-likeness (QED) is 0.156. The Morgan fingerprint density at radius 1 is 0.451 bits per heavy atom. The Morgan fingerprint density at radius 3 is 1.54 bits per heavy atom. The molecule has 7 nitrogen and oxygen atoms in total. The van der Waals surface area contributed by atoms with Crippen LogP contribution in [0.5, 0.6) is 0 Å². The third-order valence-corrected chi connectivity index (χ3v) is 13.2. The molecule has 0 aliphatic rings. The maximum Gasteiger partial charge on any atom is 0.416 e. The normalized spacial score (nSPS) is 11.3. The molecular formula is C61H32F3N7. The predicted octanol–water partition coefficient (Wildman–Crippen LogP) is 16.6. The van der Waals surface area contributed by atoms with Gasteiger partial charge in [-0.2, -0.15) is 29.0 Å². The smallest absolute Gasteiger partial charge is 0.309 e. The molecule has 0 amide bonds. The van der Waals surface area contributed by atoms with Crippen LogP contribution in [0.15, 0.2) is 176 Å². The molecule has 11 aromatic rings. The number of fused-ring (bicyclic) bond motifs is 6. The van der Waals surface area contributed by atoms with Crippen LogP contribution in [0.1, 0.15) is 27.8 Å². The number of aryl methyl sites for hydroxylation is 1. The third kappa shape index (κ3) is 7.19. The van der Waals surface area contributed by atoms with Crippen LogP contribution >= 0.6 is 0 Å². The Kier molecular flexibility index (Phi) is 10.3. The second kappa shape index (κ2) is 16.9. The molecule has 0 spiro atoms. The van der Waals surface area contributed by atoms with Gasteiger partial charge in [0.05, 0.1) is 87.0 Å². The predicted molar refractivity (Wildman–Crippen MR) is 273 cm³/mol. The highest BCUT2D eigenvalue weighted by Crippen LogP contribution is 2.45. The zero-order valence-electron chi connectivity index (χ0n) is 37.5. The van der Waals surface area contributed by atoms with Gasteiger partial charge in [-0.1, -0.05) is 97.1 Å². The lowest BCUT2D eigenvalue weighted by atomic mass is 9.93. The fourth-order valence-electron chi connectivity index (χ4n) is 9.97. The number of aromatic nitrogens is 2. The number of alkyl halides is 3. The first kappa shape index (κ1) is 43.4. The van der Waals surface area contributed by atoms with E-state index in [2.05, 4.69) is 43.1 Å². The highest BCUT2D eigenvalue weighted by Gasteiger charge is 2.31. The van der Waals surface area contributed by atoms with E-state index in [1.165, 1.54) is 12.1 Å². The van der Waals surface area contributed by atoms with E-state index in [1.54, 1.807) is 49.4 Å². The number of rotatable bonds is 6. The lowest BCUT2D eigenvalue weighted by molar-refractivity contribution is -0.137. The topological polar surface area (TPSA) is 90.0 Å². The van der Waals surface area contributed by atoms with Crippen molar-refractivity contribution in [2.24, 2.45) is 0 Å². The first-order valence-electron chi connectivity index (χ1n) is 22.3. The lowest BCUT2D eigenvalue weighted by Crippen LogP contribution is -2.05. The number of benzene rings is 9. The minimum atomic E-state index is -4.52. The molecule has 0 atom stereocenters. The van der Waals surface area contributed by atoms with E-state index in [0.717, 1.165) is 77.6 Å². The number of nitrogens with zero attached hydrogens (tertiary/aromatic N) is 7. The molecule has 0 saturated heterocycles. The van der Waals surface area contributed by atoms with Gasteiger partial charge in [0, 0.05) is 32.7 Å². The summed E-state index contributed by atoms with van der Waals surface area (Å²) in [7, 11) is 0. The molecule has 0 fully saturated rings. The zero-order valence-corrected chi connectivity index (χ0v) is 37.5. The Morgan fingerprint density at radius 2 is 0.958 bits per heavy atom. The summed E-state index contributed by atoms with van der Waals surface area (Å²) < 4.78 is 46.3. The van der Waals surface area contributed by atoms with Gasteiger partial charge < -0.3 is 9.13 Å². The average molecular weight is 920 g/mol. The highest BCUT2D eigenvalue weighted by atomic mass is 19.4. The van der Waals surface area contributed by atoms with Crippen molar-refractivity contribution in [1.29, 1.82) is 15.8 Å². The van der Waals surface area contributed by atoms with Gasteiger partial charge in [0.1, 0.15) is 0 Å². The summed E-state index contributed by atoms with van der Waals surface area (Å²) in [6.07, 6.45) is -4.52. The molecule has 11 rings (SSSR count). The fraction of sp³-hybridized carbons (Fsp3) is 0.0328. The lowest BCUT2D eigenvalue weighted by Gasteiger charge is -2.20. The molecule has 0 aliphatic carbocycles. The minimum absolute atomic E-state index is 0.360. The highest BCUT2D eigenvalue weighted by molar-refractivity contribution is 6.13. The summed E-state index contributed by atoms with van der Waals surface area (Å²) in [6, 6.07) is 60.2. The number of para-hydroxylation sites is 2. The fourth-order valence-corrected chi connectivity index (χ4v) is 9.97. The van der Waals surface area contributed by atoms with Crippen molar-refractivity contribution >= 4 is 55.0 Å². The molecule has 0 aliphatic heterocycles. The van der Waals surface area contributed by atoms with Crippen LogP contribution in [0.3, 0.4) is 0 Å². The number of hydrogen-bond donors (Lipinski definition) is 0. The molecule has 0 bridgehead atoms. The van der Waals surface area contributed by atoms with Crippen LogP contribution in [0.2, 0.25) is 0 Å². The SMILES string of the molecule is [C-]#[N+]c1ccc(-c2ccc3c(c2)c2ccccc2n3-c2cc(-c3ccc(C(F)(F)F)cc3C)ccc2-c2ccc(C#N)cc2-n2c3ccccc3c3cc(-c4ccc(C#N)cc4C#N)ccc32)c([N+]#[C-])c1. The maximum atomic E-state index is 14.0. The Balaban J connectivity index is 1.19. The number of nitriles is 3. The van der Waals surface area contributed by atoms with Crippen molar-refractivity contribution in [3.8, 4) is 74.1 Å². The van der Waals surface area contributed by atoms with Crippen molar-refractivity contribution in [2.75, 3.05) is 0 Å². The van der Waals surface area contributed by atoms with Crippen LogP contribution in [0.25, 0.3) is 109 Å². The van der Waals surface area contributed by atoms with Crippen molar-refractivity contribution < 1.29 is 13.2 Å². The standard InChI is InChI=1S/C61H32F3N7/c1-36-26-43(61(62,63)64)17-22-45(36)41-14-21-51(60(31-41)71-56-11-7-5-9-49(56)53-30-40(16-25-58(53)71)47-23-18-44(68-2)32-54(47)69-3)50-20-13-38(34-66)28-59(50)70-55-10-6-4-8-48(55)52-29-39(15-24-57(52)70)46-19-12-37(33-65)27-42(46)35-67/h4-32H,1H3. The Bertz CT molecular complexity index is 4310. The molecular weight excluding hydrogens is 888 g/mol. The van der Waals surface area contributed by atoms with Crippen molar-refractivity contribution in [3.63, 3.8) is 0 Å². The van der Waals surface area contributed by atoms with Gasteiger partial charge in [0.15, 0.2) is 11.4 Å². The molecule has 0 saturated carbocycles. The molecule has 0 radical (unpaired) electrons. The van der Waals surface area contributed by atoms with Crippen LogP contribution in [-0.4, -0.2) is 9.13 Å². The summed E-state index contributed by atoms with van der Waals surface area (Å²) in [6.45, 7) is 17.1. The van der Waals surface area contributed by atoms with Crippen molar-refractivity contribution in [1.82, 2.24) is 9.13 Å². The monoisotopic (exact) mass is 919 g/mol. The summed E-state index contributed by atoms with van der Waals surface area (Å²) in [5.74, 6) is 0. The minimum Gasteiger partial charge on any atom is -0.309 e. The summed E-state index contributed by atoms with van der Waals surface area (Å²) in [5, 5.41) is 33.8. The number of hydrogen-bond acceptors (Lipinski definition) is 3. The molecule has 71 heavy (non-hydrogen) atoms. The van der Waals surface area contributed by atoms with E-state index in [0.29, 0.717) is 61.6 Å². The van der Waals surface area contributed by atoms with Crippen LogP contribution in [0, 0.1) is 54.1 Å². The van der Waals surface area contributed by atoms with Gasteiger partial charge in [0.25, 0.3) is 0 Å². The zero-order chi connectivity index (χ0) is 49.1. The van der Waals surface area contributed by atoms with Crippen molar-refractivity contribution in [2.45, 2.75) is 13.1 Å². The third-order valence-electron chi connectivity index (χ3n) is 13.2. The second-order valence-corrected chi connectivity index (χ2v) is 17.2. The first-order chi connectivity index (χ1) is 34.5. The van der Waals surface area contributed by atoms with Gasteiger partial charge in [-0.25, -0.2) is 9.69 Å². The maximum absolute atomic E-state index is 14.0. The van der Waals surface area contributed by atoms with E-state index in [1.807, 2.05) is 109 Å². The van der Waals surface area contributed by atoms with E-state index < -0.39 is 11.7 Å². The molecule has 332 valence electrons. The molecule has 2 heterocycles. The van der Waals surface area contributed by atoms with E-state index in [4.69, 9.17) is 13.1 Å². The summed E-state index contributed by atoms with van der Waals surface area (Å²) >= 11 is 0.